The zero-order valence-electron chi connectivity index (χ0n) is 12.0. The number of aryl methyl sites for hydroxylation is 3. The minimum Gasteiger partial charge on any atom is -0.326 e. The Morgan fingerprint density at radius 3 is 2.62 bits per heavy atom. The highest BCUT2D eigenvalue weighted by molar-refractivity contribution is 6.42. The highest BCUT2D eigenvalue weighted by Gasteiger charge is 2.08. The SMILES string of the molecule is Cc1ccc(NC(=O)CCc2cccc(Cl)c2Cl)c(C)c1. The van der Waals surface area contributed by atoms with Crippen LogP contribution in [0.4, 0.5) is 5.69 Å². The molecule has 2 aromatic carbocycles. The van der Waals surface area contributed by atoms with Gasteiger partial charge in [0.1, 0.15) is 0 Å². The van der Waals surface area contributed by atoms with Crippen LogP contribution in [0.3, 0.4) is 0 Å². The van der Waals surface area contributed by atoms with E-state index in [1.165, 1.54) is 5.56 Å². The summed E-state index contributed by atoms with van der Waals surface area (Å²) in [6.07, 6.45) is 0.934. The van der Waals surface area contributed by atoms with Crippen LogP contribution in [0.2, 0.25) is 10.0 Å². The molecule has 1 N–H and O–H groups in total. The average Bonchev–Trinajstić information content (AvgIpc) is 2.43. The number of rotatable bonds is 4. The van der Waals surface area contributed by atoms with Crippen LogP contribution in [0.25, 0.3) is 0 Å². The predicted octanol–water partition coefficient (Wildman–Crippen LogP) is 5.18. The summed E-state index contributed by atoms with van der Waals surface area (Å²) < 4.78 is 0. The molecule has 21 heavy (non-hydrogen) atoms. The topological polar surface area (TPSA) is 29.1 Å². The molecule has 110 valence electrons. The molecule has 0 saturated carbocycles. The fraction of sp³-hybridized carbons (Fsp3) is 0.235. The highest BCUT2D eigenvalue weighted by atomic mass is 35.5. The van der Waals surface area contributed by atoms with Crippen LogP contribution in [0.15, 0.2) is 36.4 Å². The summed E-state index contributed by atoms with van der Waals surface area (Å²) in [5.41, 5.74) is 3.98. The molecule has 0 aliphatic heterocycles. The molecule has 2 aromatic rings. The summed E-state index contributed by atoms with van der Waals surface area (Å²) in [5, 5.41) is 3.97. The molecule has 4 heteroatoms. The number of amides is 1. The summed E-state index contributed by atoms with van der Waals surface area (Å²) in [6, 6.07) is 11.4. The molecule has 0 aliphatic rings. The summed E-state index contributed by atoms with van der Waals surface area (Å²) in [5.74, 6) is -0.0296. The molecule has 2 nitrogen and oxygen atoms in total. The first-order valence-electron chi connectivity index (χ1n) is 6.77. The van der Waals surface area contributed by atoms with Crippen molar-refractivity contribution in [2.24, 2.45) is 0 Å². The summed E-state index contributed by atoms with van der Waals surface area (Å²) in [4.78, 5) is 12.0. The Hall–Kier alpha value is -1.51. The summed E-state index contributed by atoms with van der Waals surface area (Å²) in [7, 11) is 0. The zero-order valence-corrected chi connectivity index (χ0v) is 13.6. The highest BCUT2D eigenvalue weighted by Crippen LogP contribution is 2.26. The van der Waals surface area contributed by atoms with Gasteiger partial charge in [-0.2, -0.15) is 0 Å². The van der Waals surface area contributed by atoms with Gasteiger partial charge in [0.15, 0.2) is 0 Å². The van der Waals surface area contributed by atoms with Crippen molar-refractivity contribution >= 4 is 34.8 Å². The van der Waals surface area contributed by atoms with Crippen molar-refractivity contribution in [2.45, 2.75) is 26.7 Å². The molecular weight excluding hydrogens is 305 g/mol. The molecular formula is C17H17Cl2NO. The van der Waals surface area contributed by atoms with Crippen molar-refractivity contribution in [2.75, 3.05) is 5.32 Å². The molecule has 1 amide bonds. The fourth-order valence-corrected chi connectivity index (χ4v) is 2.57. The van der Waals surface area contributed by atoms with E-state index < -0.39 is 0 Å². The van der Waals surface area contributed by atoms with Crippen LogP contribution < -0.4 is 5.32 Å². The maximum absolute atomic E-state index is 12.0. The van der Waals surface area contributed by atoms with Crippen molar-refractivity contribution in [1.29, 1.82) is 0 Å². The molecule has 0 aromatic heterocycles. The van der Waals surface area contributed by atoms with Gasteiger partial charge in [-0.1, -0.05) is 53.0 Å². The molecule has 0 heterocycles. The third kappa shape index (κ3) is 4.23. The van der Waals surface area contributed by atoms with Gasteiger partial charge in [-0.3, -0.25) is 4.79 Å². The molecule has 0 unspecified atom stereocenters. The van der Waals surface area contributed by atoms with E-state index in [1.54, 1.807) is 6.07 Å². The lowest BCUT2D eigenvalue weighted by atomic mass is 10.1. The number of halogens is 2. The van der Waals surface area contributed by atoms with Gasteiger partial charge in [0, 0.05) is 12.1 Å². The quantitative estimate of drug-likeness (QED) is 0.825. The van der Waals surface area contributed by atoms with Crippen molar-refractivity contribution in [1.82, 2.24) is 0 Å². The Morgan fingerprint density at radius 2 is 1.90 bits per heavy atom. The van der Waals surface area contributed by atoms with Crippen LogP contribution in [-0.4, -0.2) is 5.91 Å². The van der Waals surface area contributed by atoms with E-state index in [1.807, 2.05) is 44.2 Å². The first kappa shape index (κ1) is 15.9. The van der Waals surface area contributed by atoms with E-state index in [2.05, 4.69) is 5.32 Å². The van der Waals surface area contributed by atoms with Crippen molar-refractivity contribution in [3.8, 4) is 0 Å². The lowest BCUT2D eigenvalue weighted by Gasteiger charge is -2.10. The number of carbonyl (C=O) groups excluding carboxylic acids is 1. The number of nitrogens with one attached hydrogen (secondary N) is 1. The van der Waals surface area contributed by atoms with Gasteiger partial charge in [0.2, 0.25) is 5.91 Å². The minimum absolute atomic E-state index is 0.0296. The van der Waals surface area contributed by atoms with E-state index in [0.29, 0.717) is 22.9 Å². The van der Waals surface area contributed by atoms with Crippen LogP contribution >= 0.6 is 23.2 Å². The van der Waals surface area contributed by atoms with Crippen LogP contribution in [-0.2, 0) is 11.2 Å². The van der Waals surface area contributed by atoms with Gasteiger partial charge in [-0.25, -0.2) is 0 Å². The molecule has 0 atom stereocenters. The molecule has 0 bridgehead atoms. The number of hydrogen-bond acceptors (Lipinski definition) is 1. The number of benzene rings is 2. The van der Waals surface area contributed by atoms with Gasteiger partial charge >= 0.3 is 0 Å². The van der Waals surface area contributed by atoms with Crippen molar-refractivity contribution in [3.05, 3.63) is 63.1 Å². The summed E-state index contributed by atoms with van der Waals surface area (Å²) in [6.45, 7) is 4.01. The second-order valence-electron chi connectivity index (χ2n) is 5.08. The van der Waals surface area contributed by atoms with Crippen molar-refractivity contribution < 1.29 is 4.79 Å². The zero-order chi connectivity index (χ0) is 15.4. The van der Waals surface area contributed by atoms with Crippen LogP contribution in [0.5, 0.6) is 0 Å². The second kappa shape index (κ2) is 6.97. The number of hydrogen-bond donors (Lipinski definition) is 1. The Bertz CT molecular complexity index is 668. The molecule has 0 aliphatic carbocycles. The Balaban J connectivity index is 1.97. The Labute approximate surface area is 135 Å². The van der Waals surface area contributed by atoms with Gasteiger partial charge in [0.25, 0.3) is 0 Å². The maximum Gasteiger partial charge on any atom is 0.224 e. The Kier molecular flexibility index (Phi) is 5.27. The van der Waals surface area contributed by atoms with Gasteiger partial charge in [0.05, 0.1) is 10.0 Å². The van der Waals surface area contributed by atoms with E-state index in [4.69, 9.17) is 23.2 Å². The smallest absolute Gasteiger partial charge is 0.224 e. The summed E-state index contributed by atoms with van der Waals surface area (Å²) >= 11 is 12.1. The molecule has 0 fully saturated rings. The lowest BCUT2D eigenvalue weighted by Crippen LogP contribution is -2.13. The second-order valence-corrected chi connectivity index (χ2v) is 5.86. The molecule has 2 rings (SSSR count). The average molecular weight is 322 g/mol. The molecule has 0 spiro atoms. The van der Waals surface area contributed by atoms with Gasteiger partial charge in [-0.05, 0) is 43.5 Å². The van der Waals surface area contributed by atoms with E-state index in [0.717, 1.165) is 16.8 Å². The van der Waals surface area contributed by atoms with Crippen LogP contribution in [0.1, 0.15) is 23.1 Å². The van der Waals surface area contributed by atoms with E-state index in [-0.39, 0.29) is 5.91 Å². The fourth-order valence-electron chi connectivity index (χ4n) is 2.16. The monoisotopic (exact) mass is 321 g/mol. The third-order valence-corrected chi connectivity index (χ3v) is 4.17. The predicted molar refractivity (Wildman–Crippen MR) is 89.3 cm³/mol. The van der Waals surface area contributed by atoms with E-state index >= 15 is 0 Å². The third-order valence-electron chi connectivity index (χ3n) is 3.31. The molecule has 0 radical (unpaired) electrons. The normalized spacial score (nSPS) is 10.5. The minimum atomic E-state index is -0.0296. The Morgan fingerprint density at radius 1 is 1.14 bits per heavy atom. The first-order valence-corrected chi connectivity index (χ1v) is 7.53. The standard InChI is InChI=1S/C17H17Cl2NO/c1-11-6-8-15(12(2)10-11)20-16(21)9-7-13-4-3-5-14(18)17(13)19/h3-6,8,10H,7,9H2,1-2H3,(H,20,21). The van der Waals surface area contributed by atoms with Gasteiger partial charge < -0.3 is 5.32 Å². The lowest BCUT2D eigenvalue weighted by molar-refractivity contribution is -0.116. The first-order chi connectivity index (χ1) is 9.97. The maximum atomic E-state index is 12.0. The molecule has 0 saturated heterocycles. The largest absolute Gasteiger partial charge is 0.326 e. The van der Waals surface area contributed by atoms with Gasteiger partial charge in [-0.15, -0.1) is 0 Å². The van der Waals surface area contributed by atoms with Crippen LogP contribution in [0, 0.1) is 13.8 Å². The van der Waals surface area contributed by atoms with Crippen molar-refractivity contribution in [3.63, 3.8) is 0 Å². The number of carbonyl (C=O) groups is 1. The number of anilines is 1. The van der Waals surface area contributed by atoms with E-state index in [9.17, 15) is 4.79 Å².